The van der Waals surface area contributed by atoms with Crippen LogP contribution < -0.4 is 5.73 Å². The fourth-order valence-electron chi connectivity index (χ4n) is 1.29. The summed E-state index contributed by atoms with van der Waals surface area (Å²) in [6, 6.07) is 9.38. The number of pyridine rings is 1. The summed E-state index contributed by atoms with van der Waals surface area (Å²) in [6.07, 6.45) is 1.63. The quantitative estimate of drug-likeness (QED) is 0.652. The van der Waals surface area contributed by atoms with E-state index in [1.54, 1.807) is 18.3 Å². The lowest BCUT2D eigenvalue weighted by atomic mass is 10.1. The Hall–Kier alpha value is -2.08. The van der Waals surface area contributed by atoms with E-state index < -0.39 is 0 Å². The highest BCUT2D eigenvalue weighted by molar-refractivity contribution is 5.88. The Bertz CT molecular complexity index is 497. The van der Waals surface area contributed by atoms with E-state index in [4.69, 9.17) is 11.0 Å². The van der Waals surface area contributed by atoms with Gasteiger partial charge in [0, 0.05) is 11.6 Å². The second-order valence-electron chi connectivity index (χ2n) is 2.75. The molecule has 2 rings (SSSR count). The van der Waals surface area contributed by atoms with Gasteiger partial charge in [-0.3, -0.25) is 0 Å². The van der Waals surface area contributed by atoms with E-state index in [0.29, 0.717) is 11.4 Å². The highest BCUT2D eigenvalue weighted by Gasteiger charge is 1.99. The summed E-state index contributed by atoms with van der Waals surface area (Å²) in [5.41, 5.74) is 6.15. The highest BCUT2D eigenvalue weighted by atomic mass is 14.8. The third-order valence-corrected chi connectivity index (χ3v) is 1.91. The maximum Gasteiger partial charge on any atom is 0.123 e. The molecule has 1 heterocycles. The van der Waals surface area contributed by atoms with Crippen LogP contribution in [0.2, 0.25) is 0 Å². The molecule has 2 N–H and O–H groups in total. The van der Waals surface area contributed by atoms with Crippen molar-refractivity contribution in [2.45, 2.75) is 0 Å². The van der Waals surface area contributed by atoms with Crippen molar-refractivity contribution in [3.63, 3.8) is 0 Å². The van der Waals surface area contributed by atoms with Crippen LogP contribution in [-0.4, -0.2) is 4.98 Å². The van der Waals surface area contributed by atoms with E-state index >= 15 is 0 Å². The summed E-state index contributed by atoms with van der Waals surface area (Å²) in [7, 11) is 0. The molecular weight excluding hydrogens is 162 g/mol. The van der Waals surface area contributed by atoms with Crippen LogP contribution in [0, 0.1) is 11.3 Å². The van der Waals surface area contributed by atoms with Crippen molar-refractivity contribution >= 4 is 16.6 Å². The summed E-state index contributed by atoms with van der Waals surface area (Å²) >= 11 is 0. The van der Waals surface area contributed by atoms with Crippen molar-refractivity contribution in [3.05, 3.63) is 36.0 Å². The van der Waals surface area contributed by atoms with Gasteiger partial charge in [0.15, 0.2) is 0 Å². The summed E-state index contributed by atoms with van der Waals surface area (Å²) in [5, 5.41) is 10.6. The number of nitrogen functional groups attached to an aromatic ring is 1. The van der Waals surface area contributed by atoms with Crippen LogP contribution in [0.3, 0.4) is 0 Å². The fraction of sp³-hybridized carbons (Fsp3) is 0. The van der Waals surface area contributed by atoms with E-state index in [9.17, 15) is 0 Å². The van der Waals surface area contributed by atoms with E-state index in [1.165, 1.54) is 0 Å². The van der Waals surface area contributed by atoms with Crippen molar-refractivity contribution in [3.8, 4) is 6.07 Å². The second kappa shape index (κ2) is 2.76. The standard InChI is InChI=1S/C10H7N3/c11-5-8-3-1-2-7-4-10(12)13-6-9(7)8/h1-4,6H,(H2,12,13). The number of hydrogen-bond donors (Lipinski definition) is 1. The zero-order valence-corrected chi connectivity index (χ0v) is 6.86. The van der Waals surface area contributed by atoms with Gasteiger partial charge in [-0.15, -0.1) is 0 Å². The van der Waals surface area contributed by atoms with Crippen molar-refractivity contribution < 1.29 is 0 Å². The molecule has 0 unspecified atom stereocenters. The van der Waals surface area contributed by atoms with Gasteiger partial charge in [0.05, 0.1) is 11.6 Å². The molecule has 62 valence electrons. The van der Waals surface area contributed by atoms with Gasteiger partial charge in [-0.25, -0.2) is 4.98 Å². The maximum absolute atomic E-state index is 8.80. The molecule has 13 heavy (non-hydrogen) atoms. The molecule has 0 spiro atoms. The SMILES string of the molecule is N#Cc1cccc2cc(N)ncc12. The first-order valence-corrected chi connectivity index (χ1v) is 3.85. The van der Waals surface area contributed by atoms with E-state index in [2.05, 4.69) is 11.1 Å². The summed E-state index contributed by atoms with van der Waals surface area (Å²) in [6.45, 7) is 0. The number of nitrogens with zero attached hydrogens (tertiary/aromatic N) is 2. The number of rotatable bonds is 0. The Labute approximate surface area is 75.4 Å². The third-order valence-electron chi connectivity index (χ3n) is 1.91. The average molecular weight is 169 g/mol. The number of benzene rings is 1. The third kappa shape index (κ3) is 1.18. The minimum atomic E-state index is 0.475. The van der Waals surface area contributed by atoms with Gasteiger partial charge >= 0.3 is 0 Å². The lowest BCUT2D eigenvalue weighted by molar-refractivity contribution is 1.36. The van der Waals surface area contributed by atoms with Crippen LogP contribution in [0.1, 0.15) is 5.56 Å². The first kappa shape index (κ1) is 7.56. The molecule has 0 saturated carbocycles. The number of fused-ring (bicyclic) bond motifs is 1. The Morgan fingerprint density at radius 2 is 2.23 bits per heavy atom. The molecule has 0 aliphatic carbocycles. The average Bonchev–Trinajstić information content (AvgIpc) is 2.16. The van der Waals surface area contributed by atoms with E-state index in [1.807, 2.05) is 12.1 Å². The van der Waals surface area contributed by atoms with Gasteiger partial charge < -0.3 is 5.73 Å². The molecule has 0 radical (unpaired) electrons. The van der Waals surface area contributed by atoms with Crippen LogP contribution in [0.25, 0.3) is 10.8 Å². The zero-order chi connectivity index (χ0) is 9.26. The number of nitriles is 1. The van der Waals surface area contributed by atoms with E-state index in [0.717, 1.165) is 10.8 Å². The number of anilines is 1. The molecule has 3 heteroatoms. The molecular formula is C10H7N3. The molecule has 0 amide bonds. The minimum absolute atomic E-state index is 0.475. The van der Waals surface area contributed by atoms with Gasteiger partial charge in [-0.2, -0.15) is 5.26 Å². The number of hydrogen-bond acceptors (Lipinski definition) is 3. The molecule has 2 aromatic rings. The summed E-state index contributed by atoms with van der Waals surface area (Å²) in [4.78, 5) is 3.94. The van der Waals surface area contributed by atoms with Crippen LogP contribution in [0.15, 0.2) is 30.5 Å². The van der Waals surface area contributed by atoms with Crippen LogP contribution in [0.5, 0.6) is 0 Å². The van der Waals surface area contributed by atoms with Crippen molar-refractivity contribution in [2.75, 3.05) is 5.73 Å². The molecule has 0 saturated heterocycles. The number of nitrogens with two attached hydrogens (primary N) is 1. The summed E-state index contributed by atoms with van der Waals surface area (Å²) < 4.78 is 0. The Morgan fingerprint density at radius 1 is 1.38 bits per heavy atom. The topological polar surface area (TPSA) is 62.7 Å². The molecule has 1 aromatic heterocycles. The lowest BCUT2D eigenvalue weighted by Gasteiger charge is -1.99. The largest absolute Gasteiger partial charge is 0.384 e. The Balaban J connectivity index is 2.87. The zero-order valence-electron chi connectivity index (χ0n) is 6.86. The van der Waals surface area contributed by atoms with Gasteiger partial charge in [0.2, 0.25) is 0 Å². The molecule has 0 bridgehead atoms. The van der Waals surface area contributed by atoms with Gasteiger partial charge in [-0.1, -0.05) is 12.1 Å². The minimum Gasteiger partial charge on any atom is -0.384 e. The predicted octanol–water partition coefficient (Wildman–Crippen LogP) is 1.69. The lowest BCUT2D eigenvalue weighted by Crippen LogP contribution is -1.89. The normalized spacial score (nSPS) is 9.77. The van der Waals surface area contributed by atoms with Crippen molar-refractivity contribution in [1.29, 1.82) is 5.26 Å². The monoisotopic (exact) mass is 169 g/mol. The molecule has 3 nitrogen and oxygen atoms in total. The second-order valence-corrected chi connectivity index (χ2v) is 2.75. The maximum atomic E-state index is 8.80. The van der Waals surface area contributed by atoms with Crippen LogP contribution in [-0.2, 0) is 0 Å². The molecule has 0 fully saturated rings. The highest BCUT2D eigenvalue weighted by Crippen LogP contribution is 2.18. The first-order valence-electron chi connectivity index (χ1n) is 3.85. The van der Waals surface area contributed by atoms with Gasteiger partial charge in [0.25, 0.3) is 0 Å². The number of aromatic nitrogens is 1. The Kier molecular flexibility index (Phi) is 1.60. The van der Waals surface area contributed by atoms with Gasteiger partial charge in [0.1, 0.15) is 5.82 Å². The van der Waals surface area contributed by atoms with E-state index in [-0.39, 0.29) is 0 Å². The molecule has 0 aliphatic rings. The summed E-state index contributed by atoms with van der Waals surface area (Å²) in [5.74, 6) is 0.475. The molecule has 1 aromatic carbocycles. The fourth-order valence-corrected chi connectivity index (χ4v) is 1.29. The van der Waals surface area contributed by atoms with Crippen molar-refractivity contribution in [2.24, 2.45) is 0 Å². The molecule has 0 aliphatic heterocycles. The van der Waals surface area contributed by atoms with Gasteiger partial charge in [-0.05, 0) is 17.5 Å². The predicted molar refractivity (Wildman–Crippen MR) is 50.9 cm³/mol. The first-order chi connectivity index (χ1) is 6.31. The molecule has 0 atom stereocenters. The van der Waals surface area contributed by atoms with Crippen LogP contribution in [0.4, 0.5) is 5.82 Å². The Morgan fingerprint density at radius 3 is 3.00 bits per heavy atom. The smallest absolute Gasteiger partial charge is 0.123 e. The van der Waals surface area contributed by atoms with Crippen LogP contribution >= 0.6 is 0 Å². The van der Waals surface area contributed by atoms with Crippen molar-refractivity contribution in [1.82, 2.24) is 4.98 Å².